The Labute approximate surface area is 136 Å². The summed E-state index contributed by atoms with van der Waals surface area (Å²) in [5.74, 6) is -0.469. The highest BCUT2D eigenvalue weighted by molar-refractivity contribution is 5.71. The van der Waals surface area contributed by atoms with Crippen molar-refractivity contribution in [2.24, 2.45) is 0 Å². The average molecular weight is 317 g/mol. The van der Waals surface area contributed by atoms with Gasteiger partial charge in [-0.3, -0.25) is 4.90 Å². The van der Waals surface area contributed by atoms with E-state index in [1.54, 1.807) is 4.90 Å². The summed E-state index contributed by atoms with van der Waals surface area (Å²) in [5, 5.41) is 0. The molecule has 2 unspecified atom stereocenters. The molecule has 1 aromatic carbocycles. The molecule has 0 radical (unpaired) electrons. The number of carbonyl (C=O) groups is 1. The predicted octanol–water partition coefficient (Wildman–Crippen LogP) is 3.80. The topological polar surface area (TPSA) is 48.0 Å². The van der Waals surface area contributed by atoms with E-state index in [4.69, 9.17) is 14.2 Å². The zero-order valence-electron chi connectivity index (χ0n) is 13.7. The lowest BCUT2D eigenvalue weighted by molar-refractivity contribution is -0.332. The normalized spacial score (nSPS) is 26.3. The number of amides is 1. The highest BCUT2D eigenvalue weighted by atomic mass is 16.9. The predicted molar refractivity (Wildman–Crippen MR) is 85.3 cm³/mol. The fourth-order valence-corrected chi connectivity index (χ4v) is 3.07. The Bertz CT molecular complexity index is 586. The van der Waals surface area contributed by atoms with Crippen molar-refractivity contribution in [2.45, 2.75) is 51.2 Å². The van der Waals surface area contributed by atoms with E-state index in [9.17, 15) is 4.79 Å². The molecule has 23 heavy (non-hydrogen) atoms. The van der Waals surface area contributed by atoms with Crippen LogP contribution in [0.3, 0.4) is 0 Å². The largest absolute Gasteiger partial charge is 0.433 e. The molecular weight excluding hydrogens is 294 g/mol. The Morgan fingerprint density at radius 2 is 2.09 bits per heavy atom. The number of hydrogen-bond donors (Lipinski definition) is 0. The standard InChI is InChI=1S/C18H23NO4/c1-3-4-10-15-11-12-16-18(21-2,22-15)23-17(20)19(16)13-14-8-6-5-7-9-14/h5-9,11,16H,3-4,10,12-13H2,1-2H3. The maximum absolute atomic E-state index is 12.4. The van der Waals surface area contributed by atoms with Gasteiger partial charge in [-0.2, -0.15) is 0 Å². The van der Waals surface area contributed by atoms with Crippen molar-refractivity contribution in [3.05, 3.63) is 47.7 Å². The summed E-state index contributed by atoms with van der Waals surface area (Å²) >= 11 is 0. The third-order valence-electron chi connectivity index (χ3n) is 4.35. The van der Waals surface area contributed by atoms with Crippen LogP contribution < -0.4 is 0 Å². The summed E-state index contributed by atoms with van der Waals surface area (Å²) in [6, 6.07) is 9.59. The summed E-state index contributed by atoms with van der Waals surface area (Å²) in [4.78, 5) is 14.0. The molecule has 3 rings (SSSR count). The van der Waals surface area contributed by atoms with E-state index >= 15 is 0 Å². The molecule has 1 amide bonds. The monoisotopic (exact) mass is 317 g/mol. The van der Waals surface area contributed by atoms with Crippen molar-refractivity contribution in [3.63, 3.8) is 0 Å². The second-order valence-electron chi connectivity index (χ2n) is 5.92. The van der Waals surface area contributed by atoms with Crippen molar-refractivity contribution in [3.8, 4) is 0 Å². The van der Waals surface area contributed by atoms with Gasteiger partial charge in [0.2, 0.25) is 0 Å². The summed E-state index contributed by atoms with van der Waals surface area (Å²) in [6.45, 7) is 2.62. The molecule has 0 aromatic heterocycles. The Morgan fingerprint density at radius 1 is 1.30 bits per heavy atom. The molecule has 0 aliphatic carbocycles. The molecule has 124 valence electrons. The Hall–Kier alpha value is -2.01. The Morgan fingerprint density at radius 3 is 2.78 bits per heavy atom. The minimum absolute atomic E-state index is 0.273. The van der Waals surface area contributed by atoms with Gasteiger partial charge in [-0.05, 0) is 24.5 Å². The van der Waals surface area contributed by atoms with E-state index in [-0.39, 0.29) is 6.04 Å². The van der Waals surface area contributed by atoms with Gasteiger partial charge in [0.1, 0.15) is 6.04 Å². The van der Waals surface area contributed by atoms with Gasteiger partial charge in [-0.1, -0.05) is 43.7 Å². The second kappa shape index (κ2) is 6.62. The molecule has 1 saturated heterocycles. The fourth-order valence-electron chi connectivity index (χ4n) is 3.07. The van der Waals surface area contributed by atoms with Crippen molar-refractivity contribution >= 4 is 6.09 Å². The van der Waals surface area contributed by atoms with Crippen LogP contribution in [0.15, 0.2) is 42.2 Å². The summed E-state index contributed by atoms with van der Waals surface area (Å²) < 4.78 is 16.9. The van der Waals surface area contributed by atoms with E-state index in [1.807, 2.05) is 30.3 Å². The van der Waals surface area contributed by atoms with E-state index in [2.05, 4.69) is 13.0 Å². The molecule has 0 saturated carbocycles. The Balaban J connectivity index is 1.79. The van der Waals surface area contributed by atoms with Gasteiger partial charge in [-0.15, -0.1) is 0 Å². The zero-order valence-corrected chi connectivity index (χ0v) is 13.7. The first-order valence-corrected chi connectivity index (χ1v) is 8.15. The van der Waals surface area contributed by atoms with Gasteiger partial charge in [0.25, 0.3) is 0 Å². The van der Waals surface area contributed by atoms with E-state index < -0.39 is 12.1 Å². The van der Waals surface area contributed by atoms with Gasteiger partial charge < -0.3 is 14.2 Å². The fraction of sp³-hybridized carbons (Fsp3) is 0.500. The molecule has 2 aliphatic heterocycles. The summed E-state index contributed by atoms with van der Waals surface area (Å²) in [5.41, 5.74) is 1.05. The Kier molecular flexibility index (Phi) is 4.57. The van der Waals surface area contributed by atoms with Crippen LogP contribution in [0.25, 0.3) is 0 Å². The van der Waals surface area contributed by atoms with Crippen LogP contribution >= 0.6 is 0 Å². The first-order valence-electron chi connectivity index (χ1n) is 8.15. The maximum Gasteiger partial charge on any atom is 0.415 e. The molecule has 1 fully saturated rings. The molecule has 0 spiro atoms. The van der Waals surface area contributed by atoms with Gasteiger partial charge in [0, 0.05) is 20.1 Å². The number of unbranched alkanes of at least 4 members (excludes halogenated alkanes) is 1. The SMILES string of the molecule is CCCCC1=CCC2N(Cc3ccccc3)C(=O)OC2(OC)O1. The molecule has 0 N–H and O–H groups in total. The summed E-state index contributed by atoms with van der Waals surface area (Å²) in [6.07, 6.45) is 5.29. The highest BCUT2D eigenvalue weighted by Gasteiger charge is 2.58. The van der Waals surface area contributed by atoms with Crippen LogP contribution in [0.5, 0.6) is 0 Å². The van der Waals surface area contributed by atoms with E-state index in [0.29, 0.717) is 13.0 Å². The van der Waals surface area contributed by atoms with Crippen molar-refractivity contribution in [2.75, 3.05) is 7.11 Å². The third-order valence-corrected chi connectivity index (χ3v) is 4.35. The molecular formula is C18H23NO4. The lowest BCUT2D eigenvalue weighted by atomic mass is 10.0. The van der Waals surface area contributed by atoms with Crippen LogP contribution in [0.2, 0.25) is 0 Å². The number of carbonyl (C=O) groups excluding carboxylic acids is 1. The van der Waals surface area contributed by atoms with E-state index in [1.165, 1.54) is 7.11 Å². The number of ether oxygens (including phenoxy) is 3. The van der Waals surface area contributed by atoms with Gasteiger partial charge in [0.15, 0.2) is 0 Å². The molecule has 1 aromatic rings. The number of methoxy groups -OCH3 is 1. The van der Waals surface area contributed by atoms with Crippen molar-refractivity contribution in [1.82, 2.24) is 4.90 Å². The zero-order chi connectivity index (χ0) is 16.3. The number of allylic oxidation sites excluding steroid dienone is 1. The number of hydrogen-bond acceptors (Lipinski definition) is 4. The van der Waals surface area contributed by atoms with Gasteiger partial charge in [0.05, 0.1) is 5.76 Å². The third kappa shape index (κ3) is 3.06. The molecule has 2 atom stereocenters. The quantitative estimate of drug-likeness (QED) is 0.800. The number of nitrogens with zero attached hydrogens (tertiary/aromatic N) is 1. The van der Waals surface area contributed by atoms with Crippen LogP contribution in [-0.4, -0.2) is 30.1 Å². The molecule has 2 aliphatic rings. The molecule has 0 bridgehead atoms. The van der Waals surface area contributed by atoms with Crippen LogP contribution in [0.4, 0.5) is 4.79 Å². The molecule has 5 nitrogen and oxygen atoms in total. The van der Waals surface area contributed by atoms with Crippen molar-refractivity contribution in [1.29, 1.82) is 0 Å². The maximum atomic E-state index is 12.4. The van der Waals surface area contributed by atoms with Crippen LogP contribution in [-0.2, 0) is 20.8 Å². The summed E-state index contributed by atoms with van der Waals surface area (Å²) in [7, 11) is 1.52. The minimum Gasteiger partial charge on any atom is -0.433 e. The first-order chi connectivity index (χ1) is 11.2. The van der Waals surface area contributed by atoms with Crippen LogP contribution in [0.1, 0.15) is 38.2 Å². The van der Waals surface area contributed by atoms with Crippen LogP contribution in [0, 0.1) is 0 Å². The highest BCUT2D eigenvalue weighted by Crippen LogP contribution is 2.40. The van der Waals surface area contributed by atoms with Crippen molar-refractivity contribution < 1.29 is 19.0 Å². The molecule has 2 heterocycles. The number of rotatable bonds is 6. The number of fused-ring (bicyclic) bond motifs is 1. The van der Waals surface area contributed by atoms with Gasteiger partial charge in [-0.25, -0.2) is 4.79 Å². The van der Waals surface area contributed by atoms with E-state index in [0.717, 1.165) is 30.6 Å². The second-order valence-corrected chi connectivity index (χ2v) is 5.92. The molecule has 5 heteroatoms. The van der Waals surface area contributed by atoms with Gasteiger partial charge >= 0.3 is 12.1 Å². The minimum atomic E-state index is -1.32. The average Bonchev–Trinajstić information content (AvgIpc) is 2.86. The number of benzene rings is 1. The lowest BCUT2D eigenvalue weighted by Crippen LogP contribution is -2.50. The lowest BCUT2D eigenvalue weighted by Gasteiger charge is -2.36. The first kappa shape index (κ1) is 15.9. The smallest absolute Gasteiger partial charge is 0.415 e.